The molecule has 25 heavy (non-hydrogen) atoms. The number of hydrogen-bond donors (Lipinski definition) is 2. The maximum Gasteiger partial charge on any atom is 0.387 e. The van der Waals surface area contributed by atoms with E-state index in [1.165, 1.54) is 25.3 Å². The SMILES string of the molecule is COc1ccccc1NC(N)=NCc1cc(Cl)ccc1OC(F)F.I. The van der Waals surface area contributed by atoms with Crippen LogP contribution in [0.5, 0.6) is 11.5 Å². The molecular formula is C16H17ClF2IN3O2. The zero-order chi connectivity index (χ0) is 17.5. The summed E-state index contributed by atoms with van der Waals surface area (Å²) in [6, 6.07) is 11.5. The van der Waals surface area contributed by atoms with Crippen LogP contribution in [0.1, 0.15) is 5.56 Å². The van der Waals surface area contributed by atoms with Gasteiger partial charge in [-0.05, 0) is 30.3 Å². The molecule has 0 heterocycles. The van der Waals surface area contributed by atoms with E-state index in [1.54, 1.807) is 12.1 Å². The molecule has 0 saturated carbocycles. The van der Waals surface area contributed by atoms with E-state index in [2.05, 4.69) is 15.0 Å². The molecule has 0 aliphatic carbocycles. The summed E-state index contributed by atoms with van der Waals surface area (Å²) in [7, 11) is 1.54. The van der Waals surface area contributed by atoms with Gasteiger partial charge in [0.2, 0.25) is 0 Å². The van der Waals surface area contributed by atoms with Crippen molar-refractivity contribution in [3.63, 3.8) is 0 Å². The van der Waals surface area contributed by atoms with Crippen LogP contribution in [0.3, 0.4) is 0 Å². The number of aliphatic imine (C=N–C) groups is 1. The third kappa shape index (κ3) is 6.54. The molecule has 5 nitrogen and oxygen atoms in total. The minimum atomic E-state index is -2.93. The average molecular weight is 484 g/mol. The molecule has 2 aromatic rings. The van der Waals surface area contributed by atoms with Crippen LogP contribution in [0.4, 0.5) is 14.5 Å². The van der Waals surface area contributed by atoms with E-state index in [0.29, 0.717) is 22.0 Å². The monoisotopic (exact) mass is 483 g/mol. The number of guanidine groups is 1. The summed E-state index contributed by atoms with van der Waals surface area (Å²) in [5.74, 6) is 0.700. The molecule has 0 unspecified atom stereocenters. The molecule has 136 valence electrons. The van der Waals surface area contributed by atoms with Gasteiger partial charge in [-0.2, -0.15) is 8.78 Å². The first-order valence-corrected chi connectivity index (χ1v) is 7.30. The van der Waals surface area contributed by atoms with Gasteiger partial charge in [-0.3, -0.25) is 0 Å². The lowest BCUT2D eigenvalue weighted by Gasteiger charge is -2.11. The molecular weight excluding hydrogens is 467 g/mol. The number of alkyl halides is 2. The summed E-state index contributed by atoms with van der Waals surface area (Å²) in [5.41, 5.74) is 6.86. The lowest BCUT2D eigenvalue weighted by Crippen LogP contribution is -2.23. The smallest absolute Gasteiger partial charge is 0.387 e. The predicted octanol–water partition coefficient (Wildman–Crippen LogP) is 4.49. The molecule has 0 bridgehead atoms. The van der Waals surface area contributed by atoms with Crippen molar-refractivity contribution in [2.75, 3.05) is 12.4 Å². The second-order valence-corrected chi connectivity index (χ2v) is 5.09. The van der Waals surface area contributed by atoms with Crippen LogP contribution < -0.4 is 20.5 Å². The van der Waals surface area contributed by atoms with Gasteiger partial charge in [-0.1, -0.05) is 23.7 Å². The molecule has 0 amide bonds. The zero-order valence-corrected chi connectivity index (χ0v) is 16.3. The molecule has 9 heteroatoms. The lowest BCUT2D eigenvalue weighted by molar-refractivity contribution is -0.0504. The van der Waals surface area contributed by atoms with Crippen LogP contribution in [0.25, 0.3) is 0 Å². The fraction of sp³-hybridized carbons (Fsp3) is 0.188. The Kier molecular flexibility index (Phi) is 8.70. The Hall–Kier alpha value is -1.81. The Bertz CT molecular complexity index is 732. The molecule has 2 aromatic carbocycles. The van der Waals surface area contributed by atoms with E-state index in [4.69, 9.17) is 22.1 Å². The number of rotatable bonds is 6. The van der Waals surface area contributed by atoms with Gasteiger partial charge in [-0.15, -0.1) is 24.0 Å². The number of anilines is 1. The Morgan fingerprint density at radius 1 is 1.24 bits per heavy atom. The largest absolute Gasteiger partial charge is 0.495 e. The van der Waals surface area contributed by atoms with E-state index < -0.39 is 6.61 Å². The fourth-order valence-corrected chi connectivity index (χ4v) is 2.17. The van der Waals surface area contributed by atoms with E-state index in [9.17, 15) is 8.78 Å². The van der Waals surface area contributed by atoms with Crippen molar-refractivity contribution in [1.29, 1.82) is 0 Å². The first kappa shape index (κ1) is 21.2. The highest BCUT2D eigenvalue weighted by Crippen LogP contribution is 2.26. The van der Waals surface area contributed by atoms with E-state index in [-0.39, 0.29) is 42.2 Å². The number of para-hydroxylation sites is 2. The van der Waals surface area contributed by atoms with Gasteiger partial charge in [-0.25, -0.2) is 4.99 Å². The Labute approximate surface area is 166 Å². The van der Waals surface area contributed by atoms with Crippen molar-refractivity contribution >= 4 is 47.2 Å². The third-order valence-electron chi connectivity index (χ3n) is 3.03. The molecule has 0 atom stereocenters. The Morgan fingerprint density at radius 2 is 1.96 bits per heavy atom. The summed E-state index contributed by atoms with van der Waals surface area (Å²) < 4.78 is 34.5. The van der Waals surface area contributed by atoms with Gasteiger partial charge in [0.15, 0.2) is 5.96 Å². The van der Waals surface area contributed by atoms with Gasteiger partial charge < -0.3 is 20.5 Å². The van der Waals surface area contributed by atoms with Crippen molar-refractivity contribution < 1.29 is 18.3 Å². The second kappa shape index (κ2) is 10.2. The number of halogens is 4. The van der Waals surface area contributed by atoms with Crippen molar-refractivity contribution in [2.24, 2.45) is 10.7 Å². The Morgan fingerprint density at radius 3 is 2.64 bits per heavy atom. The summed E-state index contributed by atoms with van der Waals surface area (Å²) in [4.78, 5) is 4.12. The van der Waals surface area contributed by atoms with Crippen molar-refractivity contribution in [3.8, 4) is 11.5 Å². The first-order valence-electron chi connectivity index (χ1n) is 6.93. The van der Waals surface area contributed by atoms with E-state index >= 15 is 0 Å². The number of methoxy groups -OCH3 is 1. The summed E-state index contributed by atoms with van der Waals surface area (Å²) in [6.45, 7) is -2.91. The highest BCUT2D eigenvalue weighted by Gasteiger charge is 2.10. The number of nitrogens with two attached hydrogens (primary N) is 1. The molecule has 0 saturated heterocycles. The highest BCUT2D eigenvalue weighted by atomic mass is 127. The van der Waals surface area contributed by atoms with Crippen LogP contribution in [0, 0.1) is 0 Å². The molecule has 0 spiro atoms. The van der Waals surface area contributed by atoms with Gasteiger partial charge in [0.1, 0.15) is 11.5 Å². The number of ether oxygens (including phenoxy) is 2. The third-order valence-corrected chi connectivity index (χ3v) is 3.26. The van der Waals surface area contributed by atoms with Crippen LogP contribution in [-0.4, -0.2) is 19.7 Å². The Balaban J connectivity index is 0.00000312. The quantitative estimate of drug-likeness (QED) is 0.361. The van der Waals surface area contributed by atoms with Gasteiger partial charge in [0.25, 0.3) is 0 Å². The molecule has 2 rings (SSSR count). The minimum absolute atomic E-state index is 0. The summed E-state index contributed by atoms with van der Waals surface area (Å²) in [5, 5.41) is 3.27. The van der Waals surface area contributed by atoms with Gasteiger partial charge in [0, 0.05) is 10.6 Å². The van der Waals surface area contributed by atoms with Crippen LogP contribution in [0.15, 0.2) is 47.5 Å². The van der Waals surface area contributed by atoms with Crippen LogP contribution in [0.2, 0.25) is 5.02 Å². The van der Waals surface area contributed by atoms with Gasteiger partial charge >= 0.3 is 6.61 Å². The molecule has 0 aromatic heterocycles. The fourth-order valence-electron chi connectivity index (χ4n) is 1.98. The van der Waals surface area contributed by atoms with E-state index in [0.717, 1.165) is 0 Å². The summed E-state index contributed by atoms with van der Waals surface area (Å²) >= 11 is 5.88. The number of hydrogen-bond acceptors (Lipinski definition) is 3. The molecule has 0 aliphatic heterocycles. The maximum atomic E-state index is 12.4. The molecule has 0 radical (unpaired) electrons. The van der Waals surface area contributed by atoms with Crippen molar-refractivity contribution in [2.45, 2.75) is 13.2 Å². The normalized spacial score (nSPS) is 11.0. The molecule has 3 N–H and O–H groups in total. The number of nitrogens with zero attached hydrogens (tertiary/aromatic N) is 1. The number of benzene rings is 2. The van der Waals surface area contributed by atoms with Crippen molar-refractivity contribution in [1.82, 2.24) is 0 Å². The lowest BCUT2D eigenvalue weighted by atomic mass is 10.2. The first-order chi connectivity index (χ1) is 11.5. The molecule has 0 aliphatic rings. The van der Waals surface area contributed by atoms with Gasteiger partial charge in [0.05, 0.1) is 19.3 Å². The average Bonchev–Trinajstić information content (AvgIpc) is 2.55. The van der Waals surface area contributed by atoms with E-state index in [1.807, 2.05) is 12.1 Å². The standard InChI is InChI=1S/C16H16ClF2N3O2.HI/c1-23-14-5-3-2-4-12(14)22-16(20)21-9-10-8-11(17)6-7-13(10)24-15(18)19;/h2-8,15H,9H2,1H3,(H3,20,21,22);1H. The minimum Gasteiger partial charge on any atom is -0.495 e. The topological polar surface area (TPSA) is 68.9 Å². The molecule has 0 fully saturated rings. The van der Waals surface area contributed by atoms with Crippen molar-refractivity contribution in [3.05, 3.63) is 53.1 Å². The maximum absolute atomic E-state index is 12.4. The number of nitrogens with one attached hydrogen (secondary N) is 1. The second-order valence-electron chi connectivity index (χ2n) is 4.66. The summed E-state index contributed by atoms with van der Waals surface area (Å²) in [6.07, 6.45) is 0. The predicted molar refractivity (Wildman–Crippen MR) is 105 cm³/mol. The van der Waals surface area contributed by atoms with Crippen LogP contribution >= 0.6 is 35.6 Å². The highest BCUT2D eigenvalue weighted by molar-refractivity contribution is 14.0. The zero-order valence-electron chi connectivity index (χ0n) is 13.2. The van der Waals surface area contributed by atoms with Crippen LogP contribution in [-0.2, 0) is 6.54 Å².